The number of aliphatic hydroxyl groups is 1. The minimum absolute atomic E-state index is 0.0135. The van der Waals surface area contributed by atoms with Gasteiger partial charge in [-0.2, -0.15) is 0 Å². The third-order valence-electron chi connectivity index (χ3n) is 2.25. The second-order valence-electron chi connectivity index (χ2n) is 3.41. The van der Waals surface area contributed by atoms with Crippen LogP contribution < -0.4 is 0 Å². The van der Waals surface area contributed by atoms with E-state index < -0.39 is 6.10 Å². The molecule has 12 heavy (non-hydrogen) atoms. The number of rotatable bonds is 1. The van der Waals surface area contributed by atoms with Gasteiger partial charge in [0.2, 0.25) is 5.91 Å². The normalized spacial score (nSPS) is 26.1. The molecular weight excluding hydrogens is 154 g/mol. The summed E-state index contributed by atoms with van der Waals surface area (Å²) in [4.78, 5) is 12.8. The Bertz CT molecular complexity index is 211. The van der Waals surface area contributed by atoms with E-state index in [1.165, 1.54) is 6.92 Å². The number of aliphatic hydroxyl groups excluding tert-OH is 1. The predicted octanol–water partition coefficient (Wildman–Crippen LogP) is 0.544. The molecule has 1 aliphatic heterocycles. The zero-order valence-electron chi connectivity index (χ0n) is 7.58. The quantitative estimate of drug-likeness (QED) is 0.582. The van der Waals surface area contributed by atoms with E-state index in [2.05, 4.69) is 6.58 Å². The van der Waals surface area contributed by atoms with Crippen molar-refractivity contribution in [2.45, 2.75) is 32.4 Å². The van der Waals surface area contributed by atoms with Crippen molar-refractivity contribution in [3.8, 4) is 0 Å². The number of carbonyl (C=O) groups excluding carboxylic acids is 1. The number of likely N-dealkylation sites (tertiary alicyclic amines) is 1. The van der Waals surface area contributed by atoms with Crippen molar-refractivity contribution in [3.63, 3.8) is 0 Å². The summed E-state index contributed by atoms with van der Waals surface area (Å²) in [6, 6.07) is -0.0602. The van der Waals surface area contributed by atoms with Crippen molar-refractivity contribution in [1.82, 2.24) is 4.90 Å². The van der Waals surface area contributed by atoms with E-state index in [9.17, 15) is 9.90 Å². The van der Waals surface area contributed by atoms with Crippen LogP contribution in [0.2, 0.25) is 0 Å². The Balaban J connectivity index is 2.72. The highest BCUT2D eigenvalue weighted by Crippen LogP contribution is 2.23. The molecule has 0 aromatic heterocycles. The fourth-order valence-corrected chi connectivity index (χ4v) is 1.60. The zero-order chi connectivity index (χ0) is 9.30. The van der Waals surface area contributed by atoms with Crippen molar-refractivity contribution in [1.29, 1.82) is 0 Å². The first-order valence-corrected chi connectivity index (χ1v) is 4.14. The fourth-order valence-electron chi connectivity index (χ4n) is 1.60. The van der Waals surface area contributed by atoms with Crippen molar-refractivity contribution >= 4 is 5.91 Å². The standard InChI is InChI=1S/C9H15NO2/c1-6-4-9(7(2)11)10(5-6)8(3)12/h7,9,11H,1,4-5H2,2-3H3/t7-,9+/m1/s1. The van der Waals surface area contributed by atoms with Crippen LogP contribution >= 0.6 is 0 Å². The average molecular weight is 169 g/mol. The molecule has 1 saturated heterocycles. The van der Waals surface area contributed by atoms with E-state index >= 15 is 0 Å². The molecule has 0 spiro atoms. The summed E-state index contributed by atoms with van der Waals surface area (Å²) >= 11 is 0. The summed E-state index contributed by atoms with van der Waals surface area (Å²) in [5.41, 5.74) is 1.02. The minimum Gasteiger partial charge on any atom is -0.391 e. The van der Waals surface area contributed by atoms with Gasteiger partial charge in [-0.3, -0.25) is 4.79 Å². The molecule has 0 aromatic carbocycles. The van der Waals surface area contributed by atoms with Gasteiger partial charge in [0.15, 0.2) is 0 Å². The van der Waals surface area contributed by atoms with Gasteiger partial charge >= 0.3 is 0 Å². The molecule has 68 valence electrons. The number of carbonyl (C=O) groups is 1. The van der Waals surface area contributed by atoms with E-state index in [1.54, 1.807) is 11.8 Å². The van der Waals surface area contributed by atoms with Crippen LogP contribution in [-0.4, -0.2) is 34.6 Å². The molecule has 0 unspecified atom stereocenters. The molecule has 1 fully saturated rings. The Morgan fingerprint density at radius 2 is 2.42 bits per heavy atom. The molecule has 1 heterocycles. The fraction of sp³-hybridized carbons (Fsp3) is 0.667. The Morgan fingerprint density at radius 3 is 2.75 bits per heavy atom. The number of nitrogens with zero attached hydrogens (tertiary/aromatic N) is 1. The molecule has 0 radical (unpaired) electrons. The Hall–Kier alpha value is -0.830. The number of hydrogen-bond donors (Lipinski definition) is 1. The van der Waals surface area contributed by atoms with Gasteiger partial charge in [-0.25, -0.2) is 0 Å². The summed E-state index contributed by atoms with van der Waals surface area (Å²) < 4.78 is 0. The first-order chi connectivity index (χ1) is 5.52. The molecule has 1 N–H and O–H groups in total. The van der Waals surface area contributed by atoms with Crippen LogP contribution in [0, 0.1) is 0 Å². The summed E-state index contributed by atoms with van der Waals surface area (Å²) in [6.45, 7) is 7.65. The van der Waals surface area contributed by atoms with Crippen LogP contribution in [0.5, 0.6) is 0 Å². The first kappa shape index (κ1) is 9.26. The summed E-state index contributed by atoms with van der Waals surface area (Å²) in [5.74, 6) is 0.0135. The monoisotopic (exact) mass is 169 g/mol. The Morgan fingerprint density at radius 1 is 1.83 bits per heavy atom. The maximum atomic E-state index is 11.1. The van der Waals surface area contributed by atoms with Crippen LogP contribution in [-0.2, 0) is 4.79 Å². The lowest BCUT2D eigenvalue weighted by molar-refractivity contribution is -0.131. The molecule has 1 aliphatic rings. The lowest BCUT2D eigenvalue weighted by Gasteiger charge is -2.24. The van der Waals surface area contributed by atoms with Crippen LogP contribution in [0.15, 0.2) is 12.2 Å². The topological polar surface area (TPSA) is 40.5 Å². The molecular formula is C9H15NO2. The molecule has 0 aromatic rings. The summed E-state index contributed by atoms with van der Waals surface area (Å²) in [6.07, 6.45) is 0.269. The third kappa shape index (κ3) is 1.67. The summed E-state index contributed by atoms with van der Waals surface area (Å²) in [5, 5.41) is 9.35. The van der Waals surface area contributed by atoms with Gasteiger partial charge in [-0.1, -0.05) is 12.2 Å². The van der Waals surface area contributed by atoms with Gasteiger partial charge in [-0.05, 0) is 13.3 Å². The highest BCUT2D eigenvalue weighted by molar-refractivity contribution is 5.74. The van der Waals surface area contributed by atoms with Gasteiger partial charge < -0.3 is 10.0 Å². The van der Waals surface area contributed by atoms with Crippen molar-refractivity contribution in [2.75, 3.05) is 6.54 Å². The van der Waals surface area contributed by atoms with Crippen molar-refractivity contribution < 1.29 is 9.90 Å². The van der Waals surface area contributed by atoms with Crippen molar-refractivity contribution in [3.05, 3.63) is 12.2 Å². The highest BCUT2D eigenvalue weighted by Gasteiger charge is 2.31. The Labute approximate surface area is 72.7 Å². The first-order valence-electron chi connectivity index (χ1n) is 4.14. The van der Waals surface area contributed by atoms with Gasteiger partial charge in [0.05, 0.1) is 12.1 Å². The molecule has 3 nitrogen and oxygen atoms in total. The van der Waals surface area contributed by atoms with Gasteiger partial charge in [-0.15, -0.1) is 0 Å². The molecule has 1 amide bonds. The van der Waals surface area contributed by atoms with Crippen LogP contribution in [0.25, 0.3) is 0 Å². The Kier molecular flexibility index (Phi) is 2.52. The zero-order valence-corrected chi connectivity index (χ0v) is 7.58. The lowest BCUT2D eigenvalue weighted by atomic mass is 10.1. The van der Waals surface area contributed by atoms with E-state index in [1.807, 2.05) is 0 Å². The van der Waals surface area contributed by atoms with E-state index in [-0.39, 0.29) is 11.9 Å². The van der Waals surface area contributed by atoms with Crippen LogP contribution in [0.1, 0.15) is 20.3 Å². The van der Waals surface area contributed by atoms with Gasteiger partial charge in [0.25, 0.3) is 0 Å². The molecule has 3 heteroatoms. The van der Waals surface area contributed by atoms with E-state index in [4.69, 9.17) is 0 Å². The van der Waals surface area contributed by atoms with Gasteiger partial charge in [0, 0.05) is 13.5 Å². The number of hydrogen-bond acceptors (Lipinski definition) is 2. The number of amides is 1. The maximum absolute atomic E-state index is 11.1. The van der Waals surface area contributed by atoms with E-state index in [0.29, 0.717) is 6.54 Å². The maximum Gasteiger partial charge on any atom is 0.220 e. The predicted molar refractivity (Wildman–Crippen MR) is 46.6 cm³/mol. The van der Waals surface area contributed by atoms with Crippen LogP contribution in [0.4, 0.5) is 0 Å². The second kappa shape index (κ2) is 3.27. The molecule has 0 saturated carbocycles. The molecule has 0 aliphatic carbocycles. The largest absolute Gasteiger partial charge is 0.391 e. The van der Waals surface area contributed by atoms with Crippen molar-refractivity contribution in [2.24, 2.45) is 0 Å². The minimum atomic E-state index is -0.465. The average Bonchev–Trinajstić information content (AvgIpc) is 2.31. The smallest absolute Gasteiger partial charge is 0.220 e. The lowest BCUT2D eigenvalue weighted by Crippen LogP contribution is -2.40. The highest BCUT2D eigenvalue weighted by atomic mass is 16.3. The van der Waals surface area contributed by atoms with E-state index in [0.717, 1.165) is 12.0 Å². The summed E-state index contributed by atoms with van der Waals surface area (Å²) in [7, 11) is 0. The van der Waals surface area contributed by atoms with Gasteiger partial charge in [0.1, 0.15) is 0 Å². The molecule has 0 bridgehead atoms. The third-order valence-corrected chi connectivity index (χ3v) is 2.25. The molecule has 2 atom stereocenters. The van der Waals surface area contributed by atoms with Crippen LogP contribution in [0.3, 0.4) is 0 Å². The molecule has 1 rings (SSSR count). The SMILES string of the molecule is C=C1C[C@@H]([C@@H](C)O)N(C(C)=O)C1. The second-order valence-corrected chi connectivity index (χ2v) is 3.41.